The zero-order chi connectivity index (χ0) is 20.1. The molecule has 148 valence electrons. The van der Waals surface area contributed by atoms with Crippen molar-refractivity contribution in [3.8, 4) is 0 Å². The van der Waals surface area contributed by atoms with E-state index < -0.39 is 0 Å². The molecule has 1 amide bonds. The Morgan fingerprint density at radius 2 is 1.76 bits per heavy atom. The lowest BCUT2D eigenvalue weighted by atomic mass is 10.2. The minimum Gasteiger partial charge on any atom is -0.378 e. The van der Waals surface area contributed by atoms with E-state index in [4.69, 9.17) is 4.74 Å². The van der Waals surface area contributed by atoms with Crippen LogP contribution in [0.25, 0.3) is 0 Å². The van der Waals surface area contributed by atoms with Gasteiger partial charge in [0, 0.05) is 31.9 Å². The number of benzene rings is 2. The maximum Gasteiger partial charge on any atom is 0.274 e. The third-order valence-corrected chi connectivity index (χ3v) is 4.88. The summed E-state index contributed by atoms with van der Waals surface area (Å²) in [6.07, 6.45) is 1.41. The van der Waals surface area contributed by atoms with E-state index in [0.29, 0.717) is 24.7 Å². The minimum atomic E-state index is -0.268. The molecule has 3 aromatic rings. The molecule has 1 fully saturated rings. The summed E-state index contributed by atoms with van der Waals surface area (Å²) < 4.78 is 5.43. The molecule has 29 heavy (non-hydrogen) atoms. The second kappa shape index (κ2) is 8.70. The molecule has 0 unspecified atom stereocenters. The number of morpholine rings is 1. The fourth-order valence-corrected chi connectivity index (χ4v) is 3.28. The zero-order valence-electron chi connectivity index (χ0n) is 16.3. The predicted molar refractivity (Wildman–Crippen MR) is 114 cm³/mol. The largest absolute Gasteiger partial charge is 0.378 e. The Labute approximate surface area is 170 Å². The molecule has 0 spiro atoms. The first kappa shape index (κ1) is 18.9. The van der Waals surface area contributed by atoms with E-state index in [2.05, 4.69) is 20.2 Å². The number of hydrogen-bond donors (Lipinski definition) is 1. The van der Waals surface area contributed by atoms with Crippen LogP contribution in [0.1, 0.15) is 10.5 Å². The van der Waals surface area contributed by atoms with Gasteiger partial charge in [0.2, 0.25) is 0 Å². The van der Waals surface area contributed by atoms with Gasteiger partial charge in [0.25, 0.3) is 5.91 Å². The summed E-state index contributed by atoms with van der Waals surface area (Å²) in [5, 5.41) is 3.00. The summed E-state index contributed by atoms with van der Waals surface area (Å²) >= 11 is 0. The highest BCUT2D eigenvalue weighted by atomic mass is 16.5. The number of nitrogens with one attached hydrogen (secondary N) is 1. The van der Waals surface area contributed by atoms with Crippen LogP contribution in [-0.4, -0.2) is 49.2 Å². The van der Waals surface area contributed by atoms with Gasteiger partial charge in [-0.05, 0) is 24.3 Å². The molecule has 1 N–H and O–H groups in total. The van der Waals surface area contributed by atoms with Gasteiger partial charge in [-0.1, -0.05) is 30.3 Å². The lowest BCUT2D eigenvalue weighted by molar-refractivity contribution is 0.102. The molecule has 0 bridgehead atoms. The number of amides is 1. The maximum absolute atomic E-state index is 12.9. The van der Waals surface area contributed by atoms with Crippen LogP contribution in [-0.2, 0) is 4.74 Å². The zero-order valence-corrected chi connectivity index (χ0v) is 16.3. The van der Waals surface area contributed by atoms with Crippen LogP contribution in [0, 0.1) is 0 Å². The molecule has 0 saturated carbocycles. The van der Waals surface area contributed by atoms with Gasteiger partial charge >= 0.3 is 0 Å². The van der Waals surface area contributed by atoms with Crippen LogP contribution >= 0.6 is 0 Å². The first-order valence-electron chi connectivity index (χ1n) is 9.56. The number of carbonyl (C=O) groups is 1. The van der Waals surface area contributed by atoms with E-state index in [1.165, 1.54) is 6.33 Å². The first-order valence-corrected chi connectivity index (χ1v) is 9.56. The quantitative estimate of drug-likeness (QED) is 0.722. The van der Waals surface area contributed by atoms with Crippen LogP contribution in [0.5, 0.6) is 0 Å². The molecule has 1 saturated heterocycles. The fourth-order valence-electron chi connectivity index (χ4n) is 3.28. The minimum absolute atomic E-state index is 0.268. The first-order chi connectivity index (χ1) is 14.2. The smallest absolute Gasteiger partial charge is 0.274 e. The van der Waals surface area contributed by atoms with Crippen LogP contribution < -0.4 is 15.1 Å². The van der Waals surface area contributed by atoms with Gasteiger partial charge in [-0.15, -0.1) is 0 Å². The number of hydrogen-bond acceptors (Lipinski definition) is 6. The molecular formula is C22H23N5O2. The molecule has 1 aromatic heterocycles. The summed E-state index contributed by atoms with van der Waals surface area (Å²) in [5.41, 5.74) is 3.04. The Morgan fingerprint density at radius 1 is 1.03 bits per heavy atom. The summed E-state index contributed by atoms with van der Waals surface area (Å²) in [6.45, 7) is 2.96. The average molecular weight is 389 g/mol. The van der Waals surface area contributed by atoms with E-state index >= 15 is 0 Å². The number of nitrogens with zero attached hydrogens (tertiary/aromatic N) is 4. The van der Waals surface area contributed by atoms with E-state index in [1.807, 2.05) is 66.5 Å². The predicted octanol–water partition coefficient (Wildman–Crippen LogP) is 3.33. The monoisotopic (exact) mass is 389 g/mol. The third-order valence-electron chi connectivity index (χ3n) is 4.88. The van der Waals surface area contributed by atoms with Crippen molar-refractivity contribution in [3.63, 3.8) is 0 Å². The number of anilines is 4. The third kappa shape index (κ3) is 4.35. The lowest BCUT2D eigenvalue weighted by Gasteiger charge is -2.30. The van der Waals surface area contributed by atoms with Crippen molar-refractivity contribution >= 4 is 28.8 Å². The van der Waals surface area contributed by atoms with Crippen LogP contribution in [0.2, 0.25) is 0 Å². The molecule has 0 atom stereocenters. The normalized spacial score (nSPS) is 13.8. The van der Waals surface area contributed by atoms with Crippen molar-refractivity contribution in [2.45, 2.75) is 0 Å². The highest BCUT2D eigenvalue weighted by Crippen LogP contribution is 2.27. The number of carbonyl (C=O) groups excluding carboxylic acids is 1. The van der Waals surface area contributed by atoms with Crippen molar-refractivity contribution < 1.29 is 9.53 Å². The van der Waals surface area contributed by atoms with E-state index in [9.17, 15) is 4.79 Å². The van der Waals surface area contributed by atoms with Gasteiger partial charge < -0.3 is 19.9 Å². The lowest BCUT2D eigenvalue weighted by Crippen LogP contribution is -2.36. The van der Waals surface area contributed by atoms with E-state index in [-0.39, 0.29) is 5.91 Å². The molecule has 0 aliphatic carbocycles. The fraction of sp³-hybridized carbons (Fsp3) is 0.227. The van der Waals surface area contributed by atoms with Gasteiger partial charge in [0.05, 0.1) is 24.6 Å². The second-order valence-corrected chi connectivity index (χ2v) is 6.73. The van der Waals surface area contributed by atoms with Gasteiger partial charge in [-0.2, -0.15) is 0 Å². The molecule has 1 aliphatic rings. The van der Waals surface area contributed by atoms with Crippen molar-refractivity contribution in [1.82, 2.24) is 9.97 Å². The van der Waals surface area contributed by atoms with Gasteiger partial charge in [-0.25, -0.2) is 9.97 Å². The van der Waals surface area contributed by atoms with Crippen LogP contribution in [0.3, 0.4) is 0 Å². The van der Waals surface area contributed by atoms with Crippen molar-refractivity contribution in [1.29, 1.82) is 0 Å². The van der Waals surface area contributed by atoms with E-state index in [0.717, 1.165) is 30.2 Å². The van der Waals surface area contributed by atoms with Crippen LogP contribution in [0.4, 0.5) is 22.9 Å². The Balaban J connectivity index is 1.54. The van der Waals surface area contributed by atoms with Crippen molar-refractivity contribution in [3.05, 3.63) is 72.7 Å². The average Bonchev–Trinajstić information content (AvgIpc) is 2.80. The van der Waals surface area contributed by atoms with Crippen LogP contribution in [0.15, 0.2) is 67.0 Å². The number of aromatic nitrogens is 2. The highest BCUT2D eigenvalue weighted by molar-refractivity contribution is 6.05. The number of para-hydroxylation sites is 3. The molecule has 0 radical (unpaired) electrons. The maximum atomic E-state index is 12.9. The molecule has 7 nitrogen and oxygen atoms in total. The van der Waals surface area contributed by atoms with Gasteiger partial charge in [0.1, 0.15) is 17.8 Å². The molecule has 1 aliphatic heterocycles. The van der Waals surface area contributed by atoms with E-state index in [1.54, 1.807) is 6.07 Å². The molecule has 4 rings (SSSR count). The second-order valence-electron chi connectivity index (χ2n) is 6.73. The Hall–Kier alpha value is -3.45. The highest BCUT2D eigenvalue weighted by Gasteiger charge is 2.17. The summed E-state index contributed by atoms with van der Waals surface area (Å²) in [5.74, 6) is 0.383. The molecule has 2 aromatic carbocycles. The summed E-state index contributed by atoms with van der Waals surface area (Å²) in [7, 11) is 1.91. The topological polar surface area (TPSA) is 70.6 Å². The summed E-state index contributed by atoms with van der Waals surface area (Å²) in [4.78, 5) is 25.5. The number of ether oxygens (including phenoxy) is 1. The summed E-state index contributed by atoms with van der Waals surface area (Å²) in [6, 6.07) is 19.3. The standard InChI is InChI=1S/C22H23N5O2/c1-26(17-7-3-2-4-8-17)21-15-19(23-16-24-21)22(28)25-18-9-5-6-10-20(18)27-11-13-29-14-12-27/h2-10,15-16H,11-14H2,1H3,(H,25,28). The molecule has 7 heteroatoms. The Kier molecular flexibility index (Phi) is 5.67. The molecule has 2 heterocycles. The van der Waals surface area contributed by atoms with Gasteiger partial charge in [-0.3, -0.25) is 4.79 Å². The number of rotatable bonds is 5. The van der Waals surface area contributed by atoms with Crippen molar-refractivity contribution in [2.75, 3.05) is 48.5 Å². The Morgan fingerprint density at radius 3 is 2.55 bits per heavy atom. The Bertz CT molecular complexity index is 974. The van der Waals surface area contributed by atoms with Gasteiger partial charge in [0.15, 0.2) is 0 Å². The molecular weight excluding hydrogens is 366 g/mol. The van der Waals surface area contributed by atoms with Crippen molar-refractivity contribution in [2.24, 2.45) is 0 Å². The SMILES string of the molecule is CN(c1ccccc1)c1cc(C(=O)Nc2ccccc2N2CCOCC2)ncn1.